The number of carbonyl (C=O) groups excluding carboxylic acids is 2. The summed E-state index contributed by atoms with van der Waals surface area (Å²) in [7, 11) is 0. The van der Waals surface area contributed by atoms with Crippen LogP contribution in [0.15, 0.2) is 0 Å². The van der Waals surface area contributed by atoms with Crippen LogP contribution in [0, 0.1) is 10.8 Å². The van der Waals surface area contributed by atoms with Crippen molar-refractivity contribution >= 4 is 44.8 Å². The van der Waals surface area contributed by atoms with Crippen LogP contribution in [0.2, 0.25) is 0 Å². The third kappa shape index (κ3) is 7.75. The van der Waals surface area contributed by atoms with Gasteiger partial charge in [0.15, 0.2) is 0 Å². The molecule has 0 bridgehead atoms. The maximum atomic E-state index is 12.0. The molecule has 2 rings (SSSR count). The second-order valence-electron chi connectivity index (χ2n) is 8.52. The minimum atomic E-state index is -0.477. The van der Waals surface area contributed by atoms with Gasteiger partial charge in [-0.15, -0.1) is 20.4 Å². The van der Waals surface area contributed by atoms with Gasteiger partial charge in [-0.25, -0.2) is 0 Å². The Balaban J connectivity index is 1.68. The normalized spacial score (nSPS) is 12.1. The van der Waals surface area contributed by atoms with Crippen LogP contribution in [0.1, 0.15) is 51.6 Å². The summed E-state index contributed by atoms with van der Waals surface area (Å²) in [6, 6.07) is 0. The Morgan fingerprint density at radius 2 is 1.14 bits per heavy atom. The highest BCUT2D eigenvalue weighted by atomic mass is 32.1. The molecule has 0 aliphatic rings. The van der Waals surface area contributed by atoms with Gasteiger partial charge in [0.2, 0.25) is 22.1 Å². The smallest absolute Gasteiger partial charge is 0.231 e. The molecule has 11 heteroatoms. The number of hydrogen-bond donors (Lipinski definition) is 2. The number of amides is 2. The predicted octanol–water partition coefficient (Wildman–Crippen LogP) is 3.16. The van der Waals surface area contributed by atoms with Crippen LogP contribution in [0.5, 0.6) is 0 Å². The molecule has 9 nitrogen and oxygen atoms in total. The first-order valence-corrected chi connectivity index (χ1v) is 10.9. The van der Waals surface area contributed by atoms with E-state index in [1.54, 1.807) is 0 Å². The average Bonchev–Trinajstić information content (AvgIpc) is 3.22. The summed E-state index contributed by atoms with van der Waals surface area (Å²) in [5, 5.41) is 24.3. The first-order chi connectivity index (χ1) is 13.4. The maximum Gasteiger partial charge on any atom is 0.231 e. The number of hydrogen-bond acceptors (Lipinski definition) is 9. The topological polar surface area (TPSA) is 119 Å². The van der Waals surface area contributed by atoms with E-state index in [-0.39, 0.29) is 11.8 Å². The van der Waals surface area contributed by atoms with Crippen LogP contribution in [-0.2, 0) is 27.2 Å². The van der Waals surface area contributed by atoms with Crippen LogP contribution in [-0.4, -0.2) is 45.4 Å². The van der Waals surface area contributed by atoms with Gasteiger partial charge in [-0.05, 0) is 0 Å². The number of aromatic nitrogens is 4. The van der Waals surface area contributed by atoms with E-state index in [4.69, 9.17) is 4.74 Å². The van der Waals surface area contributed by atoms with E-state index < -0.39 is 10.8 Å². The zero-order chi connectivity index (χ0) is 21.7. The van der Waals surface area contributed by atoms with Gasteiger partial charge < -0.3 is 15.4 Å². The zero-order valence-electron chi connectivity index (χ0n) is 17.7. The highest BCUT2D eigenvalue weighted by Crippen LogP contribution is 2.22. The van der Waals surface area contributed by atoms with Gasteiger partial charge in [0.05, 0.1) is 13.2 Å². The molecule has 0 spiro atoms. The Labute approximate surface area is 178 Å². The van der Waals surface area contributed by atoms with Crippen molar-refractivity contribution in [3.63, 3.8) is 0 Å². The molecular weight excluding hydrogens is 412 g/mol. The molecule has 2 amide bonds. The van der Waals surface area contributed by atoms with Crippen LogP contribution in [0.3, 0.4) is 0 Å². The maximum absolute atomic E-state index is 12.0. The highest BCUT2D eigenvalue weighted by Gasteiger charge is 2.23. The van der Waals surface area contributed by atoms with Crippen LogP contribution < -0.4 is 10.6 Å². The number of anilines is 2. The van der Waals surface area contributed by atoms with Gasteiger partial charge in [-0.1, -0.05) is 64.2 Å². The number of ether oxygens (including phenoxy) is 1. The largest absolute Gasteiger partial charge is 0.381 e. The van der Waals surface area contributed by atoms with Crippen molar-refractivity contribution in [2.24, 2.45) is 10.8 Å². The summed E-state index contributed by atoms with van der Waals surface area (Å²) in [5.74, 6) is -0.182. The molecule has 0 saturated heterocycles. The van der Waals surface area contributed by atoms with Gasteiger partial charge in [0.25, 0.3) is 0 Å². The van der Waals surface area contributed by atoms with E-state index in [9.17, 15) is 9.59 Å². The van der Waals surface area contributed by atoms with Crippen molar-refractivity contribution in [1.82, 2.24) is 20.4 Å². The van der Waals surface area contributed by atoms with E-state index in [1.165, 1.54) is 22.7 Å². The van der Waals surface area contributed by atoms with E-state index >= 15 is 0 Å². The molecule has 160 valence electrons. The Hall–Kier alpha value is -1.98. The van der Waals surface area contributed by atoms with Gasteiger partial charge in [0.1, 0.15) is 10.0 Å². The molecule has 2 N–H and O–H groups in total. The number of carbonyl (C=O) groups is 2. The van der Waals surface area contributed by atoms with Crippen molar-refractivity contribution < 1.29 is 14.3 Å². The average molecular weight is 441 g/mol. The second-order valence-corrected chi connectivity index (χ2v) is 10.6. The lowest BCUT2D eigenvalue weighted by Crippen LogP contribution is -2.27. The van der Waals surface area contributed by atoms with Crippen molar-refractivity contribution in [2.45, 2.75) is 54.4 Å². The molecule has 2 heterocycles. The summed E-state index contributed by atoms with van der Waals surface area (Å²) in [6.07, 6.45) is 1.23. The SMILES string of the molecule is CC(C)(C)C(=O)Nc1nnc(CCOCCc2nnc(NC(=O)C(C)(C)C)s2)s1. The molecule has 0 atom stereocenters. The Morgan fingerprint density at radius 3 is 1.48 bits per heavy atom. The molecule has 0 fully saturated rings. The van der Waals surface area contributed by atoms with Gasteiger partial charge in [0, 0.05) is 23.7 Å². The molecular formula is C18H28N6O3S2. The lowest BCUT2D eigenvalue weighted by atomic mass is 9.96. The summed E-state index contributed by atoms with van der Waals surface area (Å²) in [5.41, 5.74) is -0.954. The quantitative estimate of drug-likeness (QED) is 0.605. The summed E-state index contributed by atoms with van der Waals surface area (Å²) in [4.78, 5) is 23.9. The fraction of sp³-hybridized carbons (Fsp3) is 0.667. The molecule has 0 aliphatic heterocycles. The monoisotopic (exact) mass is 440 g/mol. The third-order valence-corrected chi connectivity index (χ3v) is 5.45. The van der Waals surface area contributed by atoms with E-state index in [2.05, 4.69) is 31.0 Å². The number of rotatable bonds is 8. The molecule has 0 aliphatic carbocycles. The van der Waals surface area contributed by atoms with Crippen molar-refractivity contribution in [3.8, 4) is 0 Å². The van der Waals surface area contributed by atoms with Crippen LogP contribution in [0.4, 0.5) is 10.3 Å². The Morgan fingerprint density at radius 1 is 0.759 bits per heavy atom. The van der Waals surface area contributed by atoms with E-state index in [1.807, 2.05) is 41.5 Å². The predicted molar refractivity (Wildman–Crippen MR) is 114 cm³/mol. The summed E-state index contributed by atoms with van der Waals surface area (Å²) in [6.45, 7) is 12.1. The van der Waals surface area contributed by atoms with Gasteiger partial charge in [-0.2, -0.15) is 0 Å². The molecule has 0 saturated carbocycles. The fourth-order valence-corrected chi connectivity index (χ4v) is 3.23. The summed E-state index contributed by atoms with van der Waals surface area (Å²) >= 11 is 2.70. The van der Waals surface area contributed by atoms with Crippen molar-refractivity contribution in [1.29, 1.82) is 0 Å². The second kappa shape index (κ2) is 9.68. The van der Waals surface area contributed by atoms with Crippen molar-refractivity contribution in [2.75, 3.05) is 23.8 Å². The number of nitrogens with zero attached hydrogens (tertiary/aromatic N) is 4. The lowest BCUT2D eigenvalue weighted by molar-refractivity contribution is -0.123. The van der Waals surface area contributed by atoms with Gasteiger partial charge in [-0.3, -0.25) is 9.59 Å². The van der Waals surface area contributed by atoms with E-state index in [0.29, 0.717) is 36.3 Å². The minimum absolute atomic E-state index is 0.0911. The molecule has 0 aromatic carbocycles. The van der Waals surface area contributed by atoms with Crippen LogP contribution >= 0.6 is 22.7 Å². The molecule has 0 radical (unpaired) electrons. The highest BCUT2D eigenvalue weighted by molar-refractivity contribution is 7.15. The standard InChI is InChI=1S/C18H28N6O3S2/c1-17(2,3)13(25)19-15-23-21-11(28-15)7-9-27-10-8-12-22-24-16(29-12)20-14(26)18(4,5)6/h7-10H2,1-6H3,(H,19,23,25)(H,20,24,26). The molecule has 29 heavy (non-hydrogen) atoms. The summed E-state index contributed by atoms with van der Waals surface area (Å²) < 4.78 is 5.63. The molecule has 2 aromatic heterocycles. The van der Waals surface area contributed by atoms with Crippen molar-refractivity contribution in [3.05, 3.63) is 10.0 Å². The van der Waals surface area contributed by atoms with Gasteiger partial charge >= 0.3 is 0 Å². The molecule has 2 aromatic rings. The third-order valence-electron chi connectivity index (χ3n) is 3.66. The Bertz CT molecular complexity index is 767. The Kier molecular flexibility index (Phi) is 7.78. The first kappa shape index (κ1) is 23.3. The van der Waals surface area contributed by atoms with E-state index in [0.717, 1.165) is 10.0 Å². The molecule has 0 unspecified atom stereocenters. The van der Waals surface area contributed by atoms with Crippen LogP contribution in [0.25, 0.3) is 0 Å². The zero-order valence-corrected chi connectivity index (χ0v) is 19.3. The number of nitrogens with one attached hydrogen (secondary N) is 2. The lowest BCUT2D eigenvalue weighted by Gasteiger charge is -2.15. The minimum Gasteiger partial charge on any atom is -0.381 e. The fourth-order valence-electron chi connectivity index (χ4n) is 1.80. The first-order valence-electron chi connectivity index (χ1n) is 9.30.